The van der Waals surface area contributed by atoms with Crippen molar-refractivity contribution in [1.82, 2.24) is 20.4 Å². The van der Waals surface area contributed by atoms with Crippen LogP contribution in [0.25, 0.3) is 11.4 Å². The van der Waals surface area contributed by atoms with E-state index in [1.54, 1.807) is 7.11 Å². The summed E-state index contributed by atoms with van der Waals surface area (Å²) >= 11 is 0. The zero-order valence-electron chi connectivity index (χ0n) is 18.9. The number of ether oxygens (including phenoxy) is 1. The molecule has 1 unspecified atom stereocenters. The summed E-state index contributed by atoms with van der Waals surface area (Å²) in [6.45, 7) is 6.32. The molecule has 1 fully saturated rings. The Kier molecular flexibility index (Phi) is 6.85. The summed E-state index contributed by atoms with van der Waals surface area (Å²) in [5.41, 5.74) is 3.18. The summed E-state index contributed by atoms with van der Waals surface area (Å²) < 4.78 is 10.7. The molecule has 168 valence electrons. The quantitative estimate of drug-likeness (QED) is 0.602. The molecule has 1 N–H and O–H groups in total. The number of likely N-dealkylation sites (tertiary alicyclic amines) is 1. The van der Waals surface area contributed by atoms with Crippen molar-refractivity contribution in [3.63, 3.8) is 0 Å². The molecule has 0 aliphatic carbocycles. The number of nitrogens with zero attached hydrogens (tertiary/aromatic N) is 3. The topological polar surface area (TPSA) is 80.5 Å². The van der Waals surface area contributed by atoms with E-state index in [9.17, 15) is 4.79 Å². The second-order valence-electron chi connectivity index (χ2n) is 8.38. The summed E-state index contributed by atoms with van der Waals surface area (Å²) in [6.07, 6.45) is 1.64. The summed E-state index contributed by atoms with van der Waals surface area (Å²) in [5, 5.41) is 7.30. The summed E-state index contributed by atoms with van der Waals surface area (Å²) in [7, 11) is 1.65. The Balaban J connectivity index is 1.27. The van der Waals surface area contributed by atoms with Gasteiger partial charge in [0, 0.05) is 11.5 Å². The second kappa shape index (κ2) is 9.96. The maximum absolute atomic E-state index is 12.8. The van der Waals surface area contributed by atoms with E-state index in [4.69, 9.17) is 9.26 Å². The van der Waals surface area contributed by atoms with Gasteiger partial charge in [-0.15, -0.1) is 0 Å². The van der Waals surface area contributed by atoms with Crippen molar-refractivity contribution in [2.24, 2.45) is 5.92 Å². The minimum atomic E-state index is -0.0373. The van der Waals surface area contributed by atoms with Crippen LogP contribution in [-0.4, -0.2) is 41.1 Å². The molecule has 1 saturated heterocycles. The molecule has 7 heteroatoms. The molecule has 32 heavy (non-hydrogen) atoms. The molecule has 1 aromatic heterocycles. The molecule has 0 bridgehead atoms. The van der Waals surface area contributed by atoms with Gasteiger partial charge in [0.1, 0.15) is 5.75 Å². The third kappa shape index (κ3) is 5.16. The van der Waals surface area contributed by atoms with Gasteiger partial charge in [0.05, 0.1) is 19.7 Å². The van der Waals surface area contributed by atoms with Crippen LogP contribution in [0.15, 0.2) is 53.1 Å². The highest BCUT2D eigenvalue weighted by Crippen LogP contribution is 2.23. The molecule has 1 atom stereocenters. The van der Waals surface area contributed by atoms with E-state index in [2.05, 4.69) is 20.4 Å². The van der Waals surface area contributed by atoms with E-state index in [0.717, 1.165) is 48.4 Å². The maximum atomic E-state index is 12.8. The number of methoxy groups -OCH3 is 1. The molecule has 2 aromatic carbocycles. The number of benzene rings is 2. The van der Waals surface area contributed by atoms with Crippen LogP contribution in [0.5, 0.6) is 5.75 Å². The molecule has 1 aliphatic rings. The number of nitrogens with one attached hydrogen (secondary N) is 1. The fraction of sp³-hybridized carbons (Fsp3) is 0.400. The lowest BCUT2D eigenvalue weighted by Crippen LogP contribution is -2.40. The zero-order valence-corrected chi connectivity index (χ0v) is 18.9. The predicted molar refractivity (Wildman–Crippen MR) is 122 cm³/mol. The van der Waals surface area contributed by atoms with Crippen molar-refractivity contribution < 1.29 is 14.1 Å². The first-order chi connectivity index (χ1) is 15.5. The van der Waals surface area contributed by atoms with Crippen LogP contribution in [0, 0.1) is 12.8 Å². The second-order valence-corrected chi connectivity index (χ2v) is 8.38. The maximum Gasteiger partial charge on any atom is 0.241 e. The van der Waals surface area contributed by atoms with Gasteiger partial charge < -0.3 is 14.6 Å². The third-order valence-corrected chi connectivity index (χ3v) is 6.15. The Hall–Kier alpha value is -3.19. The van der Waals surface area contributed by atoms with Gasteiger partial charge >= 0.3 is 0 Å². The van der Waals surface area contributed by atoms with E-state index >= 15 is 0 Å². The van der Waals surface area contributed by atoms with Gasteiger partial charge in [-0.2, -0.15) is 4.98 Å². The van der Waals surface area contributed by atoms with Gasteiger partial charge in [0.15, 0.2) is 0 Å². The summed E-state index contributed by atoms with van der Waals surface area (Å²) in [5.74, 6) is 2.19. The highest BCUT2D eigenvalue weighted by molar-refractivity contribution is 5.79. The minimum absolute atomic E-state index is 0.0252. The van der Waals surface area contributed by atoms with Crippen molar-refractivity contribution in [3.05, 3.63) is 65.5 Å². The first kappa shape index (κ1) is 22.0. The lowest BCUT2D eigenvalue weighted by atomic mass is 9.95. The SMILES string of the molecule is COc1ccc(C(C)NC(=O)C2CCN(Cc3nc(-c4ccccc4C)no3)CC2)cc1. The largest absolute Gasteiger partial charge is 0.497 e. The molecule has 4 rings (SSSR count). The molecule has 0 radical (unpaired) electrons. The van der Waals surface area contributed by atoms with Gasteiger partial charge in [-0.1, -0.05) is 41.6 Å². The van der Waals surface area contributed by atoms with E-state index in [-0.39, 0.29) is 17.9 Å². The average molecular weight is 435 g/mol. The first-order valence-electron chi connectivity index (χ1n) is 11.1. The number of aryl methyl sites for hydroxylation is 1. The molecule has 1 aliphatic heterocycles. The first-order valence-corrected chi connectivity index (χ1v) is 11.1. The average Bonchev–Trinajstić information content (AvgIpc) is 3.28. The predicted octanol–water partition coefficient (Wildman–Crippen LogP) is 4.14. The summed E-state index contributed by atoms with van der Waals surface area (Å²) in [4.78, 5) is 19.6. The standard InChI is InChI=1S/C25H30N4O3/c1-17-6-4-5-7-22(17)24-27-23(32-28-24)16-29-14-12-20(13-15-29)25(30)26-18(2)19-8-10-21(31-3)11-9-19/h4-11,18,20H,12-16H2,1-3H3,(H,26,30). The van der Waals surface area contributed by atoms with Crippen molar-refractivity contribution in [3.8, 4) is 17.1 Å². The van der Waals surface area contributed by atoms with E-state index in [1.807, 2.05) is 62.4 Å². The van der Waals surface area contributed by atoms with Crippen LogP contribution in [-0.2, 0) is 11.3 Å². The van der Waals surface area contributed by atoms with Gasteiger partial charge in [-0.3, -0.25) is 9.69 Å². The smallest absolute Gasteiger partial charge is 0.241 e. The van der Waals surface area contributed by atoms with Crippen LogP contribution in [0.3, 0.4) is 0 Å². The molecule has 2 heterocycles. The lowest BCUT2D eigenvalue weighted by molar-refractivity contribution is -0.127. The third-order valence-electron chi connectivity index (χ3n) is 6.15. The number of carbonyl (C=O) groups is 1. The fourth-order valence-corrected chi connectivity index (χ4v) is 4.10. The number of piperidine rings is 1. The molecular weight excluding hydrogens is 404 g/mol. The Morgan fingerprint density at radius 3 is 2.59 bits per heavy atom. The molecule has 7 nitrogen and oxygen atoms in total. The van der Waals surface area contributed by atoms with Crippen LogP contribution in [0.4, 0.5) is 0 Å². The number of carbonyl (C=O) groups excluding carboxylic acids is 1. The van der Waals surface area contributed by atoms with E-state index in [0.29, 0.717) is 18.3 Å². The molecular formula is C25H30N4O3. The Morgan fingerprint density at radius 1 is 1.19 bits per heavy atom. The fourth-order valence-electron chi connectivity index (χ4n) is 4.10. The van der Waals surface area contributed by atoms with Crippen LogP contribution in [0.2, 0.25) is 0 Å². The van der Waals surface area contributed by atoms with Crippen molar-refractivity contribution >= 4 is 5.91 Å². The molecule has 0 saturated carbocycles. The van der Waals surface area contributed by atoms with Gasteiger partial charge in [-0.05, 0) is 63.0 Å². The van der Waals surface area contributed by atoms with Crippen LogP contribution >= 0.6 is 0 Å². The van der Waals surface area contributed by atoms with Gasteiger partial charge in [0.2, 0.25) is 17.6 Å². The van der Waals surface area contributed by atoms with Crippen LogP contribution < -0.4 is 10.1 Å². The lowest BCUT2D eigenvalue weighted by Gasteiger charge is -2.30. The number of hydrogen-bond donors (Lipinski definition) is 1. The van der Waals surface area contributed by atoms with E-state index < -0.39 is 0 Å². The highest BCUT2D eigenvalue weighted by atomic mass is 16.5. The minimum Gasteiger partial charge on any atom is -0.497 e. The van der Waals surface area contributed by atoms with Crippen molar-refractivity contribution in [2.75, 3.05) is 20.2 Å². The van der Waals surface area contributed by atoms with Crippen molar-refractivity contribution in [2.45, 2.75) is 39.3 Å². The number of amides is 1. The Bertz CT molecular complexity index is 1040. The summed E-state index contributed by atoms with van der Waals surface area (Å²) in [6, 6.07) is 15.8. The van der Waals surface area contributed by atoms with Gasteiger partial charge in [-0.25, -0.2) is 0 Å². The van der Waals surface area contributed by atoms with Crippen LogP contribution in [0.1, 0.15) is 42.8 Å². The molecule has 0 spiro atoms. The Morgan fingerprint density at radius 2 is 1.91 bits per heavy atom. The normalized spacial score (nSPS) is 16.0. The number of aromatic nitrogens is 2. The Labute approximate surface area is 188 Å². The number of rotatable bonds is 7. The van der Waals surface area contributed by atoms with Gasteiger partial charge in [0.25, 0.3) is 0 Å². The highest BCUT2D eigenvalue weighted by Gasteiger charge is 2.27. The molecule has 3 aromatic rings. The molecule has 1 amide bonds. The van der Waals surface area contributed by atoms with Crippen molar-refractivity contribution in [1.29, 1.82) is 0 Å². The monoisotopic (exact) mass is 434 g/mol. The zero-order chi connectivity index (χ0) is 22.5. The van der Waals surface area contributed by atoms with E-state index in [1.165, 1.54) is 0 Å². The number of hydrogen-bond acceptors (Lipinski definition) is 6.